The predicted molar refractivity (Wildman–Crippen MR) is 105 cm³/mol. The molecule has 1 unspecified atom stereocenters. The summed E-state index contributed by atoms with van der Waals surface area (Å²) in [5.41, 5.74) is 2.42. The summed E-state index contributed by atoms with van der Waals surface area (Å²) in [6, 6.07) is 17.3. The van der Waals surface area contributed by atoms with Crippen LogP contribution in [0.5, 0.6) is 0 Å². The largest absolute Gasteiger partial charge is 0.326 e. The molecule has 1 heterocycles. The van der Waals surface area contributed by atoms with Crippen molar-refractivity contribution in [3.8, 4) is 5.69 Å². The van der Waals surface area contributed by atoms with E-state index in [-0.39, 0.29) is 16.8 Å². The van der Waals surface area contributed by atoms with Crippen molar-refractivity contribution < 1.29 is 13.2 Å². The predicted octanol–water partition coefficient (Wildman–Crippen LogP) is 3.48. The lowest BCUT2D eigenvalue weighted by molar-refractivity contribution is -0.114. The molecule has 0 radical (unpaired) electrons. The molecule has 0 fully saturated rings. The molecule has 1 aromatic heterocycles. The number of amides is 1. The van der Waals surface area contributed by atoms with Crippen LogP contribution < -0.4 is 10.0 Å². The fourth-order valence-electron chi connectivity index (χ4n) is 2.73. The number of rotatable bonds is 6. The molecule has 0 aliphatic rings. The van der Waals surface area contributed by atoms with Crippen LogP contribution in [0.15, 0.2) is 78.0 Å². The number of hydrogen-bond acceptors (Lipinski definition) is 3. The first-order valence-electron chi connectivity index (χ1n) is 8.48. The highest BCUT2D eigenvalue weighted by Crippen LogP contribution is 2.20. The van der Waals surface area contributed by atoms with Crippen LogP contribution in [0.1, 0.15) is 25.5 Å². The molecule has 140 valence electrons. The third-order valence-electron chi connectivity index (χ3n) is 4.11. The van der Waals surface area contributed by atoms with E-state index in [1.807, 2.05) is 53.4 Å². The van der Waals surface area contributed by atoms with E-state index >= 15 is 0 Å². The van der Waals surface area contributed by atoms with Gasteiger partial charge < -0.3 is 9.88 Å². The van der Waals surface area contributed by atoms with Crippen LogP contribution in [-0.4, -0.2) is 18.9 Å². The van der Waals surface area contributed by atoms with Gasteiger partial charge in [0.2, 0.25) is 15.9 Å². The van der Waals surface area contributed by atoms with Gasteiger partial charge in [0.25, 0.3) is 0 Å². The molecular weight excluding hydrogens is 362 g/mol. The summed E-state index contributed by atoms with van der Waals surface area (Å²) >= 11 is 0. The maximum absolute atomic E-state index is 12.6. The first-order valence-corrected chi connectivity index (χ1v) is 9.97. The fourth-order valence-corrected chi connectivity index (χ4v) is 3.96. The summed E-state index contributed by atoms with van der Waals surface area (Å²) in [5, 5.41) is 2.61. The maximum Gasteiger partial charge on any atom is 0.241 e. The molecule has 0 saturated heterocycles. The highest BCUT2D eigenvalue weighted by molar-refractivity contribution is 7.89. The third kappa shape index (κ3) is 4.64. The number of carbonyl (C=O) groups excluding carboxylic acids is 1. The van der Waals surface area contributed by atoms with Crippen LogP contribution in [0, 0.1) is 0 Å². The summed E-state index contributed by atoms with van der Waals surface area (Å²) in [6.45, 7) is 3.20. The fraction of sp³-hybridized carbons (Fsp3) is 0.150. The minimum atomic E-state index is -3.67. The van der Waals surface area contributed by atoms with Crippen molar-refractivity contribution in [1.29, 1.82) is 0 Å². The second kappa shape index (κ2) is 7.77. The lowest BCUT2D eigenvalue weighted by Gasteiger charge is -2.15. The summed E-state index contributed by atoms with van der Waals surface area (Å²) in [7, 11) is -3.67. The Kier molecular flexibility index (Phi) is 5.43. The Bertz CT molecular complexity index is 1010. The number of carbonyl (C=O) groups is 1. The van der Waals surface area contributed by atoms with Gasteiger partial charge in [-0.15, -0.1) is 0 Å². The molecule has 7 heteroatoms. The van der Waals surface area contributed by atoms with Gasteiger partial charge in [0.1, 0.15) is 0 Å². The zero-order valence-electron chi connectivity index (χ0n) is 15.1. The van der Waals surface area contributed by atoms with Crippen LogP contribution in [-0.2, 0) is 14.8 Å². The number of nitrogens with one attached hydrogen (secondary N) is 2. The molecule has 3 rings (SSSR count). The molecule has 0 aliphatic heterocycles. The summed E-state index contributed by atoms with van der Waals surface area (Å²) in [5.74, 6) is -0.208. The zero-order valence-corrected chi connectivity index (χ0v) is 15.9. The van der Waals surface area contributed by atoms with E-state index in [1.165, 1.54) is 19.1 Å². The Labute approximate surface area is 158 Å². The Morgan fingerprint density at radius 1 is 0.963 bits per heavy atom. The average molecular weight is 383 g/mol. The number of anilines is 1. The zero-order chi connectivity index (χ0) is 19.4. The van der Waals surface area contributed by atoms with Crippen LogP contribution in [0.3, 0.4) is 0 Å². The van der Waals surface area contributed by atoms with E-state index < -0.39 is 10.0 Å². The minimum Gasteiger partial charge on any atom is -0.326 e. The Balaban J connectivity index is 1.72. The SMILES string of the molecule is CC(=O)Nc1ccc(S(=O)(=O)NC(C)c2ccc(-n3cccc3)cc2)cc1. The average Bonchev–Trinajstić information content (AvgIpc) is 3.16. The molecule has 27 heavy (non-hydrogen) atoms. The van der Waals surface area contributed by atoms with Gasteiger partial charge >= 0.3 is 0 Å². The molecule has 2 aromatic carbocycles. The molecule has 3 aromatic rings. The third-order valence-corrected chi connectivity index (χ3v) is 5.67. The topological polar surface area (TPSA) is 80.2 Å². The van der Waals surface area contributed by atoms with Gasteiger partial charge in [-0.3, -0.25) is 4.79 Å². The molecule has 1 amide bonds. The van der Waals surface area contributed by atoms with Gasteiger partial charge in [0.05, 0.1) is 4.90 Å². The van der Waals surface area contributed by atoms with Crippen LogP contribution in [0.2, 0.25) is 0 Å². The Morgan fingerprint density at radius 2 is 1.56 bits per heavy atom. The van der Waals surface area contributed by atoms with Crippen LogP contribution >= 0.6 is 0 Å². The first-order chi connectivity index (χ1) is 12.8. The van der Waals surface area contributed by atoms with Gasteiger partial charge in [0, 0.05) is 36.7 Å². The van der Waals surface area contributed by atoms with Crippen LogP contribution in [0.25, 0.3) is 5.69 Å². The number of sulfonamides is 1. The van der Waals surface area contributed by atoms with Crippen molar-refractivity contribution in [2.24, 2.45) is 0 Å². The standard InChI is InChI=1S/C20H21N3O3S/c1-15(17-5-9-19(10-6-17)23-13-3-4-14-23)22-27(25,26)20-11-7-18(8-12-20)21-16(2)24/h3-15,22H,1-2H3,(H,21,24). The monoisotopic (exact) mass is 383 g/mol. The molecule has 0 bridgehead atoms. The van der Waals surface area contributed by atoms with Crippen molar-refractivity contribution in [2.45, 2.75) is 24.8 Å². The quantitative estimate of drug-likeness (QED) is 0.684. The molecule has 0 saturated carbocycles. The van der Waals surface area contributed by atoms with Crippen molar-refractivity contribution in [3.63, 3.8) is 0 Å². The number of benzene rings is 2. The Hall–Kier alpha value is -2.90. The summed E-state index contributed by atoms with van der Waals surface area (Å²) in [4.78, 5) is 11.2. The van der Waals surface area contributed by atoms with Crippen molar-refractivity contribution in [1.82, 2.24) is 9.29 Å². The van der Waals surface area contributed by atoms with Crippen LogP contribution in [0.4, 0.5) is 5.69 Å². The van der Waals surface area contributed by atoms with E-state index in [2.05, 4.69) is 10.0 Å². The van der Waals surface area contributed by atoms with Gasteiger partial charge in [-0.2, -0.15) is 0 Å². The second-order valence-corrected chi connectivity index (χ2v) is 7.94. The molecule has 6 nitrogen and oxygen atoms in total. The molecule has 1 atom stereocenters. The van der Waals surface area contributed by atoms with E-state index in [1.54, 1.807) is 19.1 Å². The first kappa shape index (κ1) is 18.9. The van der Waals surface area contributed by atoms with Crippen molar-refractivity contribution >= 4 is 21.6 Å². The van der Waals surface area contributed by atoms with E-state index in [9.17, 15) is 13.2 Å². The van der Waals surface area contributed by atoms with Crippen molar-refractivity contribution in [2.75, 3.05) is 5.32 Å². The van der Waals surface area contributed by atoms with Gasteiger partial charge in [-0.05, 0) is 61.0 Å². The minimum absolute atomic E-state index is 0.146. The van der Waals surface area contributed by atoms with Crippen molar-refractivity contribution in [3.05, 3.63) is 78.6 Å². The molecule has 2 N–H and O–H groups in total. The van der Waals surface area contributed by atoms with E-state index in [4.69, 9.17) is 0 Å². The number of hydrogen-bond donors (Lipinski definition) is 2. The lowest BCUT2D eigenvalue weighted by Crippen LogP contribution is -2.26. The number of aromatic nitrogens is 1. The second-order valence-electron chi connectivity index (χ2n) is 6.23. The van der Waals surface area contributed by atoms with E-state index in [0.717, 1.165) is 11.3 Å². The highest BCUT2D eigenvalue weighted by Gasteiger charge is 2.18. The van der Waals surface area contributed by atoms with Gasteiger partial charge in [-0.25, -0.2) is 13.1 Å². The Morgan fingerprint density at radius 3 is 2.11 bits per heavy atom. The van der Waals surface area contributed by atoms with Gasteiger partial charge in [-0.1, -0.05) is 12.1 Å². The number of nitrogens with zero attached hydrogens (tertiary/aromatic N) is 1. The highest BCUT2D eigenvalue weighted by atomic mass is 32.2. The maximum atomic E-state index is 12.6. The van der Waals surface area contributed by atoms with E-state index in [0.29, 0.717) is 5.69 Å². The molecule has 0 aliphatic carbocycles. The van der Waals surface area contributed by atoms with Gasteiger partial charge in [0.15, 0.2) is 0 Å². The summed E-state index contributed by atoms with van der Waals surface area (Å²) < 4.78 is 29.9. The summed E-state index contributed by atoms with van der Waals surface area (Å²) in [6.07, 6.45) is 3.90. The normalized spacial score (nSPS) is 12.5. The lowest BCUT2D eigenvalue weighted by atomic mass is 10.1. The molecular formula is C20H21N3O3S. The smallest absolute Gasteiger partial charge is 0.241 e. The molecule has 0 spiro atoms.